The molecule has 0 bridgehead atoms. The van der Waals surface area contributed by atoms with E-state index in [1.54, 1.807) is 25.5 Å². The fourth-order valence-electron chi connectivity index (χ4n) is 1.52. The monoisotopic (exact) mass is 215 g/mol. The molecule has 2 aromatic rings. The van der Waals surface area contributed by atoms with Crippen molar-refractivity contribution >= 4 is 0 Å². The number of rotatable bonds is 2. The van der Waals surface area contributed by atoms with Crippen LogP contribution in [0.3, 0.4) is 0 Å². The molecule has 0 amide bonds. The molecule has 0 aliphatic carbocycles. The maximum absolute atomic E-state index is 9.47. The van der Waals surface area contributed by atoms with E-state index in [2.05, 4.69) is 15.0 Å². The van der Waals surface area contributed by atoms with Gasteiger partial charge in [0.2, 0.25) is 0 Å². The van der Waals surface area contributed by atoms with Gasteiger partial charge in [-0.3, -0.25) is 4.98 Å². The van der Waals surface area contributed by atoms with Gasteiger partial charge in [-0.1, -0.05) is 0 Å². The van der Waals surface area contributed by atoms with Gasteiger partial charge in [0.25, 0.3) is 0 Å². The standard InChI is InChI=1S/C12H13N3O/c1-8-11(9(2)16)7-14-12(15-8)10-4-3-5-13-6-10/h3-7,9,16H,1-2H3. The SMILES string of the molecule is Cc1nc(-c2cccnc2)ncc1C(C)O. The Morgan fingerprint density at radius 2 is 2.12 bits per heavy atom. The first-order chi connectivity index (χ1) is 7.68. The summed E-state index contributed by atoms with van der Waals surface area (Å²) >= 11 is 0. The zero-order valence-electron chi connectivity index (χ0n) is 9.25. The van der Waals surface area contributed by atoms with Crippen LogP contribution >= 0.6 is 0 Å². The Kier molecular flexibility index (Phi) is 2.92. The summed E-state index contributed by atoms with van der Waals surface area (Å²) in [5.74, 6) is 0.634. The third kappa shape index (κ3) is 2.06. The molecule has 16 heavy (non-hydrogen) atoms. The van der Waals surface area contributed by atoms with E-state index in [1.807, 2.05) is 19.1 Å². The van der Waals surface area contributed by atoms with Crippen molar-refractivity contribution in [2.45, 2.75) is 20.0 Å². The lowest BCUT2D eigenvalue weighted by molar-refractivity contribution is 0.197. The highest BCUT2D eigenvalue weighted by Gasteiger charge is 2.08. The molecule has 0 spiro atoms. The maximum Gasteiger partial charge on any atom is 0.160 e. The molecule has 0 aromatic carbocycles. The van der Waals surface area contributed by atoms with E-state index in [4.69, 9.17) is 0 Å². The van der Waals surface area contributed by atoms with Crippen LogP contribution in [0.2, 0.25) is 0 Å². The number of nitrogens with zero attached hydrogens (tertiary/aromatic N) is 3. The van der Waals surface area contributed by atoms with E-state index in [0.717, 1.165) is 16.8 Å². The van der Waals surface area contributed by atoms with Crippen LogP contribution < -0.4 is 0 Å². The summed E-state index contributed by atoms with van der Waals surface area (Å²) in [6.45, 7) is 3.57. The number of aliphatic hydroxyl groups is 1. The Hall–Kier alpha value is -1.81. The van der Waals surface area contributed by atoms with Crippen molar-refractivity contribution in [2.75, 3.05) is 0 Å². The van der Waals surface area contributed by atoms with E-state index >= 15 is 0 Å². The van der Waals surface area contributed by atoms with Crippen LogP contribution in [0.15, 0.2) is 30.7 Å². The highest BCUT2D eigenvalue weighted by molar-refractivity contribution is 5.53. The molecule has 0 aliphatic rings. The minimum Gasteiger partial charge on any atom is -0.389 e. The molecular weight excluding hydrogens is 202 g/mol. The fourth-order valence-corrected chi connectivity index (χ4v) is 1.52. The molecule has 4 nitrogen and oxygen atoms in total. The highest BCUT2D eigenvalue weighted by atomic mass is 16.3. The topological polar surface area (TPSA) is 58.9 Å². The first-order valence-electron chi connectivity index (χ1n) is 5.10. The van der Waals surface area contributed by atoms with Crippen molar-refractivity contribution < 1.29 is 5.11 Å². The zero-order chi connectivity index (χ0) is 11.5. The van der Waals surface area contributed by atoms with Gasteiger partial charge in [0.05, 0.1) is 6.10 Å². The number of aliphatic hydroxyl groups excluding tert-OH is 1. The van der Waals surface area contributed by atoms with Gasteiger partial charge in [0.15, 0.2) is 5.82 Å². The average Bonchev–Trinajstić information content (AvgIpc) is 2.29. The molecule has 82 valence electrons. The molecule has 4 heteroatoms. The van der Waals surface area contributed by atoms with Crippen LogP contribution in [0.25, 0.3) is 11.4 Å². The minimum absolute atomic E-state index is 0.539. The largest absolute Gasteiger partial charge is 0.389 e. The van der Waals surface area contributed by atoms with Gasteiger partial charge in [0.1, 0.15) is 0 Å². The van der Waals surface area contributed by atoms with E-state index < -0.39 is 6.10 Å². The summed E-state index contributed by atoms with van der Waals surface area (Å²) < 4.78 is 0. The third-order valence-corrected chi connectivity index (χ3v) is 2.39. The first-order valence-corrected chi connectivity index (χ1v) is 5.10. The van der Waals surface area contributed by atoms with Gasteiger partial charge in [-0.05, 0) is 26.0 Å². The Labute approximate surface area is 94.0 Å². The molecule has 0 saturated carbocycles. The fraction of sp³-hybridized carbons (Fsp3) is 0.250. The average molecular weight is 215 g/mol. The molecule has 1 atom stereocenters. The summed E-state index contributed by atoms with van der Waals surface area (Å²) in [4.78, 5) is 12.6. The van der Waals surface area contributed by atoms with Gasteiger partial charge < -0.3 is 5.11 Å². The van der Waals surface area contributed by atoms with Crippen molar-refractivity contribution in [3.8, 4) is 11.4 Å². The molecule has 2 aromatic heterocycles. The lowest BCUT2D eigenvalue weighted by atomic mass is 10.1. The lowest BCUT2D eigenvalue weighted by Crippen LogP contribution is -2.01. The zero-order valence-corrected chi connectivity index (χ0v) is 9.25. The number of hydrogen-bond donors (Lipinski definition) is 1. The Morgan fingerprint density at radius 3 is 2.69 bits per heavy atom. The highest BCUT2D eigenvalue weighted by Crippen LogP contribution is 2.18. The molecule has 0 saturated heterocycles. The number of hydrogen-bond acceptors (Lipinski definition) is 4. The first kappa shape index (κ1) is 10.7. The summed E-state index contributed by atoms with van der Waals surface area (Å²) in [6, 6.07) is 3.75. The second kappa shape index (κ2) is 4.37. The van der Waals surface area contributed by atoms with Crippen LogP contribution in [0.1, 0.15) is 24.3 Å². The van der Waals surface area contributed by atoms with E-state index in [-0.39, 0.29) is 0 Å². The molecule has 0 aliphatic heterocycles. The molecule has 2 rings (SSSR count). The second-order valence-electron chi connectivity index (χ2n) is 3.65. The summed E-state index contributed by atoms with van der Waals surface area (Å²) in [7, 11) is 0. The van der Waals surface area contributed by atoms with Crippen molar-refractivity contribution in [1.82, 2.24) is 15.0 Å². The van der Waals surface area contributed by atoms with Crippen LogP contribution in [0, 0.1) is 6.92 Å². The van der Waals surface area contributed by atoms with Gasteiger partial charge in [-0.15, -0.1) is 0 Å². The van der Waals surface area contributed by atoms with E-state index in [9.17, 15) is 5.11 Å². The Bertz CT molecular complexity index is 483. The van der Waals surface area contributed by atoms with Gasteiger partial charge in [-0.2, -0.15) is 0 Å². The third-order valence-electron chi connectivity index (χ3n) is 2.39. The molecule has 0 radical (unpaired) electrons. The van der Waals surface area contributed by atoms with E-state index in [0.29, 0.717) is 5.82 Å². The molecule has 1 unspecified atom stereocenters. The van der Waals surface area contributed by atoms with Crippen molar-refractivity contribution in [2.24, 2.45) is 0 Å². The minimum atomic E-state index is -0.539. The Balaban J connectivity index is 2.43. The predicted molar refractivity (Wildman–Crippen MR) is 60.6 cm³/mol. The van der Waals surface area contributed by atoms with Gasteiger partial charge in [-0.25, -0.2) is 9.97 Å². The van der Waals surface area contributed by atoms with E-state index in [1.165, 1.54) is 0 Å². The molecule has 1 N–H and O–H groups in total. The summed E-state index contributed by atoms with van der Waals surface area (Å²) in [6.07, 6.45) is 4.55. The van der Waals surface area contributed by atoms with Crippen LogP contribution in [0.5, 0.6) is 0 Å². The number of aryl methyl sites for hydroxylation is 1. The number of pyridine rings is 1. The van der Waals surface area contributed by atoms with Gasteiger partial charge >= 0.3 is 0 Å². The molecule has 2 heterocycles. The van der Waals surface area contributed by atoms with Crippen LogP contribution in [-0.4, -0.2) is 20.1 Å². The number of aromatic nitrogens is 3. The van der Waals surface area contributed by atoms with Crippen molar-refractivity contribution in [3.63, 3.8) is 0 Å². The predicted octanol–water partition coefficient (Wildman–Crippen LogP) is 1.90. The van der Waals surface area contributed by atoms with Crippen molar-refractivity contribution in [3.05, 3.63) is 42.0 Å². The molecule has 0 fully saturated rings. The second-order valence-corrected chi connectivity index (χ2v) is 3.65. The Morgan fingerprint density at radius 1 is 1.31 bits per heavy atom. The maximum atomic E-state index is 9.47. The normalized spacial score (nSPS) is 12.4. The van der Waals surface area contributed by atoms with Crippen LogP contribution in [0.4, 0.5) is 0 Å². The van der Waals surface area contributed by atoms with Crippen molar-refractivity contribution in [1.29, 1.82) is 0 Å². The quantitative estimate of drug-likeness (QED) is 0.831. The summed E-state index contributed by atoms with van der Waals surface area (Å²) in [5, 5.41) is 9.47. The molecular formula is C12H13N3O. The van der Waals surface area contributed by atoms with Crippen LogP contribution in [-0.2, 0) is 0 Å². The van der Waals surface area contributed by atoms with Gasteiger partial charge in [0, 0.05) is 35.4 Å². The summed E-state index contributed by atoms with van der Waals surface area (Å²) in [5.41, 5.74) is 2.43. The lowest BCUT2D eigenvalue weighted by Gasteiger charge is -2.08. The smallest absolute Gasteiger partial charge is 0.160 e.